The van der Waals surface area contributed by atoms with Crippen LogP contribution in [0.15, 0.2) is 6.07 Å². The number of sulfone groups is 1. The largest absolute Gasteiger partial charge is 0.366 e. The van der Waals surface area contributed by atoms with E-state index in [-0.39, 0.29) is 17.5 Å². The van der Waals surface area contributed by atoms with Gasteiger partial charge in [0.2, 0.25) is 5.95 Å². The molecule has 0 amide bonds. The summed E-state index contributed by atoms with van der Waals surface area (Å²) in [6.07, 6.45) is 1.63. The standard InChI is InChI=1S/C13H22N4O2S/c1-4-9(2)14-13-15-10(3)7-12(17-13)16-11-5-6-20(18,19)8-11/h7,9,11H,4-6,8H2,1-3H3,(H2,14,15,16,17). The number of nitrogens with one attached hydrogen (secondary N) is 2. The molecule has 6 nitrogen and oxygen atoms in total. The van der Waals surface area contributed by atoms with Gasteiger partial charge >= 0.3 is 0 Å². The minimum absolute atomic E-state index is 0.0502. The third kappa shape index (κ3) is 4.06. The zero-order valence-corrected chi connectivity index (χ0v) is 13.0. The van der Waals surface area contributed by atoms with Crippen LogP contribution in [0.2, 0.25) is 0 Å². The van der Waals surface area contributed by atoms with Crippen molar-refractivity contribution >= 4 is 21.6 Å². The predicted octanol–water partition coefficient (Wildman–Crippen LogP) is 1.59. The van der Waals surface area contributed by atoms with Crippen LogP contribution >= 0.6 is 0 Å². The fourth-order valence-corrected chi connectivity index (χ4v) is 3.82. The molecule has 7 heteroatoms. The van der Waals surface area contributed by atoms with Crippen LogP contribution in [0.3, 0.4) is 0 Å². The Kier molecular flexibility index (Phi) is 4.47. The number of hydrogen-bond donors (Lipinski definition) is 2. The summed E-state index contributed by atoms with van der Waals surface area (Å²) < 4.78 is 22.9. The van der Waals surface area contributed by atoms with Crippen LogP contribution in [0, 0.1) is 6.92 Å². The van der Waals surface area contributed by atoms with E-state index in [9.17, 15) is 8.42 Å². The average molecular weight is 298 g/mol. The maximum absolute atomic E-state index is 11.5. The van der Waals surface area contributed by atoms with Gasteiger partial charge in [-0.25, -0.2) is 13.4 Å². The van der Waals surface area contributed by atoms with Gasteiger partial charge in [-0.05, 0) is 26.7 Å². The van der Waals surface area contributed by atoms with Gasteiger partial charge in [0.1, 0.15) is 5.82 Å². The summed E-state index contributed by atoms with van der Waals surface area (Å²) in [4.78, 5) is 8.75. The van der Waals surface area contributed by atoms with Crippen LogP contribution in [0.25, 0.3) is 0 Å². The van der Waals surface area contributed by atoms with E-state index in [4.69, 9.17) is 0 Å². The third-order valence-electron chi connectivity index (χ3n) is 3.43. The van der Waals surface area contributed by atoms with Gasteiger partial charge in [0.15, 0.2) is 9.84 Å². The van der Waals surface area contributed by atoms with E-state index in [0.29, 0.717) is 24.2 Å². The summed E-state index contributed by atoms with van der Waals surface area (Å²) in [7, 11) is -2.88. The first kappa shape index (κ1) is 15.0. The Bertz CT molecular complexity index is 574. The zero-order chi connectivity index (χ0) is 14.8. The van der Waals surface area contributed by atoms with Crippen LogP contribution < -0.4 is 10.6 Å². The molecule has 1 aromatic rings. The van der Waals surface area contributed by atoms with Gasteiger partial charge in [-0.2, -0.15) is 4.98 Å². The molecule has 2 atom stereocenters. The summed E-state index contributed by atoms with van der Waals surface area (Å²) in [5.41, 5.74) is 0.856. The van der Waals surface area contributed by atoms with Crippen molar-refractivity contribution < 1.29 is 8.42 Å². The molecule has 0 aromatic carbocycles. The van der Waals surface area contributed by atoms with Gasteiger partial charge in [-0.1, -0.05) is 6.92 Å². The second kappa shape index (κ2) is 5.95. The number of aromatic nitrogens is 2. The van der Waals surface area contributed by atoms with Crippen molar-refractivity contribution in [3.8, 4) is 0 Å². The highest BCUT2D eigenvalue weighted by Crippen LogP contribution is 2.18. The summed E-state index contributed by atoms with van der Waals surface area (Å²) in [6.45, 7) is 6.07. The highest BCUT2D eigenvalue weighted by molar-refractivity contribution is 7.91. The molecule has 2 rings (SSSR count). The topological polar surface area (TPSA) is 84.0 Å². The smallest absolute Gasteiger partial charge is 0.225 e. The van der Waals surface area contributed by atoms with Gasteiger partial charge in [0.25, 0.3) is 0 Å². The van der Waals surface area contributed by atoms with Crippen LogP contribution in [-0.4, -0.2) is 42.0 Å². The Balaban J connectivity index is 2.08. The number of nitrogens with zero attached hydrogens (tertiary/aromatic N) is 2. The fraction of sp³-hybridized carbons (Fsp3) is 0.692. The highest BCUT2D eigenvalue weighted by atomic mass is 32.2. The van der Waals surface area contributed by atoms with Crippen LogP contribution in [0.1, 0.15) is 32.4 Å². The van der Waals surface area contributed by atoms with E-state index in [0.717, 1.165) is 12.1 Å². The van der Waals surface area contributed by atoms with Crippen LogP contribution in [0.4, 0.5) is 11.8 Å². The Hall–Kier alpha value is -1.37. The monoisotopic (exact) mass is 298 g/mol. The lowest BCUT2D eigenvalue weighted by Gasteiger charge is -2.15. The Labute approximate surface area is 120 Å². The molecule has 2 heterocycles. The molecule has 1 aliphatic rings. The SMILES string of the molecule is CCC(C)Nc1nc(C)cc(NC2CCS(=O)(=O)C2)n1. The number of aryl methyl sites for hydroxylation is 1. The van der Waals surface area contributed by atoms with E-state index in [1.165, 1.54) is 0 Å². The molecule has 1 saturated heterocycles. The Morgan fingerprint density at radius 1 is 1.45 bits per heavy atom. The quantitative estimate of drug-likeness (QED) is 0.859. The molecular formula is C13H22N4O2S. The third-order valence-corrected chi connectivity index (χ3v) is 5.19. The Morgan fingerprint density at radius 3 is 2.80 bits per heavy atom. The van der Waals surface area contributed by atoms with Crippen molar-refractivity contribution in [2.75, 3.05) is 22.1 Å². The number of rotatable bonds is 5. The van der Waals surface area contributed by atoms with E-state index in [2.05, 4.69) is 34.4 Å². The van der Waals surface area contributed by atoms with Crippen LogP contribution in [0.5, 0.6) is 0 Å². The first-order valence-corrected chi connectivity index (χ1v) is 8.79. The lowest BCUT2D eigenvalue weighted by molar-refractivity contribution is 0.602. The van der Waals surface area contributed by atoms with Crippen molar-refractivity contribution in [3.05, 3.63) is 11.8 Å². The van der Waals surface area contributed by atoms with E-state index in [1.807, 2.05) is 13.0 Å². The van der Waals surface area contributed by atoms with Crippen molar-refractivity contribution in [1.82, 2.24) is 9.97 Å². The van der Waals surface area contributed by atoms with Crippen molar-refractivity contribution in [1.29, 1.82) is 0 Å². The second-order valence-electron chi connectivity index (χ2n) is 5.42. The predicted molar refractivity (Wildman–Crippen MR) is 80.8 cm³/mol. The summed E-state index contributed by atoms with van der Waals surface area (Å²) in [5, 5.41) is 6.43. The summed E-state index contributed by atoms with van der Waals surface area (Å²) >= 11 is 0. The molecule has 20 heavy (non-hydrogen) atoms. The molecule has 0 aliphatic carbocycles. The van der Waals surface area contributed by atoms with E-state index >= 15 is 0 Å². The van der Waals surface area contributed by atoms with Crippen molar-refractivity contribution in [2.45, 2.75) is 45.7 Å². The van der Waals surface area contributed by atoms with Gasteiger partial charge < -0.3 is 10.6 Å². The van der Waals surface area contributed by atoms with Crippen LogP contribution in [-0.2, 0) is 9.84 Å². The van der Waals surface area contributed by atoms with Gasteiger partial charge in [-0.15, -0.1) is 0 Å². The molecule has 0 saturated carbocycles. The van der Waals surface area contributed by atoms with Gasteiger partial charge in [-0.3, -0.25) is 0 Å². The molecule has 0 radical (unpaired) electrons. The first-order chi connectivity index (χ1) is 9.38. The molecule has 0 bridgehead atoms. The lowest BCUT2D eigenvalue weighted by atomic mass is 10.2. The normalized spacial score (nSPS) is 22.4. The maximum atomic E-state index is 11.5. The molecule has 1 aromatic heterocycles. The minimum Gasteiger partial charge on any atom is -0.366 e. The van der Waals surface area contributed by atoms with E-state index in [1.54, 1.807) is 0 Å². The van der Waals surface area contributed by atoms with Crippen molar-refractivity contribution in [3.63, 3.8) is 0 Å². The fourth-order valence-electron chi connectivity index (χ4n) is 2.15. The highest BCUT2D eigenvalue weighted by Gasteiger charge is 2.28. The van der Waals surface area contributed by atoms with Gasteiger partial charge in [0, 0.05) is 23.8 Å². The second-order valence-corrected chi connectivity index (χ2v) is 7.64. The Morgan fingerprint density at radius 2 is 2.20 bits per heavy atom. The first-order valence-electron chi connectivity index (χ1n) is 6.97. The van der Waals surface area contributed by atoms with Gasteiger partial charge in [0.05, 0.1) is 11.5 Å². The molecule has 0 spiro atoms. The molecule has 2 unspecified atom stereocenters. The van der Waals surface area contributed by atoms with Crippen molar-refractivity contribution in [2.24, 2.45) is 0 Å². The molecule has 1 fully saturated rings. The average Bonchev–Trinajstić information content (AvgIpc) is 2.67. The van der Waals surface area contributed by atoms with E-state index < -0.39 is 9.84 Å². The zero-order valence-electron chi connectivity index (χ0n) is 12.2. The number of anilines is 2. The number of hydrogen-bond acceptors (Lipinski definition) is 6. The molecule has 2 N–H and O–H groups in total. The minimum atomic E-state index is -2.88. The summed E-state index contributed by atoms with van der Waals surface area (Å²) in [6, 6.07) is 2.09. The maximum Gasteiger partial charge on any atom is 0.225 e. The lowest BCUT2D eigenvalue weighted by Crippen LogP contribution is -2.22. The summed E-state index contributed by atoms with van der Waals surface area (Å²) in [5.74, 6) is 1.71. The molecular weight excluding hydrogens is 276 g/mol. The molecule has 1 aliphatic heterocycles. The molecule has 112 valence electrons.